The van der Waals surface area contributed by atoms with Crippen LogP contribution in [0.1, 0.15) is 55.0 Å². The molecule has 1 aromatic heterocycles. The van der Waals surface area contributed by atoms with E-state index in [4.69, 9.17) is 4.74 Å². The number of ether oxygens (including phenoxy) is 1. The van der Waals surface area contributed by atoms with Gasteiger partial charge in [-0.1, -0.05) is 79.7 Å². The predicted molar refractivity (Wildman–Crippen MR) is 166 cm³/mol. The van der Waals surface area contributed by atoms with Crippen molar-refractivity contribution in [2.75, 3.05) is 13.7 Å². The normalized spacial score (nSPS) is 16.5. The van der Waals surface area contributed by atoms with Crippen LogP contribution in [0, 0.1) is 5.92 Å². The molecule has 1 heterocycles. The van der Waals surface area contributed by atoms with Crippen LogP contribution in [0.5, 0.6) is 5.75 Å². The Morgan fingerprint density at radius 2 is 1.62 bits per heavy atom. The first-order chi connectivity index (χ1) is 20.5. The summed E-state index contributed by atoms with van der Waals surface area (Å²) in [6.07, 6.45) is 3.69. The number of nitrogens with zero attached hydrogens (tertiary/aromatic N) is 3. The molecule has 1 saturated carbocycles. The van der Waals surface area contributed by atoms with Crippen molar-refractivity contribution in [1.29, 1.82) is 0 Å². The van der Waals surface area contributed by atoms with Crippen molar-refractivity contribution >= 4 is 11.8 Å². The van der Waals surface area contributed by atoms with Gasteiger partial charge in [-0.05, 0) is 66.6 Å². The van der Waals surface area contributed by atoms with Crippen molar-refractivity contribution in [1.82, 2.24) is 14.4 Å². The van der Waals surface area contributed by atoms with Gasteiger partial charge in [-0.25, -0.2) is 0 Å². The van der Waals surface area contributed by atoms with Crippen molar-refractivity contribution in [2.45, 2.75) is 58.3 Å². The zero-order chi connectivity index (χ0) is 29.5. The minimum Gasteiger partial charge on any atom is -0.497 e. The molecule has 6 heteroatoms. The smallest absolute Gasteiger partial charge is 0.242 e. The molecule has 0 saturated heterocycles. The van der Waals surface area contributed by atoms with Gasteiger partial charge in [-0.15, -0.1) is 0 Å². The number of carbonyl (C=O) groups is 2. The maximum absolute atomic E-state index is 14.1. The lowest BCUT2D eigenvalue weighted by Crippen LogP contribution is -2.47. The standard InChI is InChI=1S/C36H41N3O3/c1-4-27(2)39(36(41)34-22-33(34)30-16-9-6-10-17-30)26-35(40)38(23-28-13-7-5-8-14-28)25-31-18-12-20-37(31)24-29-15-11-19-32(21-29)42-3/h5-21,27,33-34H,4,22-26H2,1-3H3/t27?,33-,34?/m0/s1. The molecule has 0 bridgehead atoms. The zero-order valence-electron chi connectivity index (χ0n) is 24.9. The third kappa shape index (κ3) is 7.11. The number of amides is 2. The summed E-state index contributed by atoms with van der Waals surface area (Å²) in [4.78, 5) is 31.5. The Morgan fingerprint density at radius 3 is 2.33 bits per heavy atom. The summed E-state index contributed by atoms with van der Waals surface area (Å²) in [5.74, 6) is 1.05. The average molecular weight is 564 g/mol. The largest absolute Gasteiger partial charge is 0.497 e. The third-order valence-electron chi connectivity index (χ3n) is 8.38. The number of aromatic nitrogens is 1. The van der Waals surface area contributed by atoms with Crippen molar-refractivity contribution in [3.8, 4) is 5.75 Å². The van der Waals surface area contributed by atoms with Gasteiger partial charge in [0.1, 0.15) is 12.3 Å². The van der Waals surface area contributed by atoms with E-state index in [-0.39, 0.29) is 36.2 Å². The van der Waals surface area contributed by atoms with Crippen molar-refractivity contribution in [3.05, 3.63) is 126 Å². The first kappa shape index (κ1) is 29.2. The summed E-state index contributed by atoms with van der Waals surface area (Å²) in [5, 5.41) is 0. The van der Waals surface area contributed by atoms with Gasteiger partial charge in [0.25, 0.3) is 0 Å². The van der Waals surface area contributed by atoms with Gasteiger partial charge in [-0.2, -0.15) is 0 Å². The second-order valence-electron chi connectivity index (χ2n) is 11.3. The van der Waals surface area contributed by atoms with E-state index in [1.165, 1.54) is 5.56 Å². The molecule has 4 aromatic rings. The van der Waals surface area contributed by atoms with Gasteiger partial charge >= 0.3 is 0 Å². The van der Waals surface area contributed by atoms with E-state index in [1.54, 1.807) is 7.11 Å². The highest BCUT2D eigenvalue weighted by Gasteiger charge is 2.46. The molecule has 6 nitrogen and oxygen atoms in total. The minimum absolute atomic E-state index is 0.0195. The van der Waals surface area contributed by atoms with Gasteiger partial charge in [0.2, 0.25) is 11.8 Å². The van der Waals surface area contributed by atoms with E-state index in [0.717, 1.165) is 35.4 Å². The van der Waals surface area contributed by atoms with Crippen LogP contribution in [0.25, 0.3) is 0 Å². The van der Waals surface area contributed by atoms with E-state index < -0.39 is 0 Å². The van der Waals surface area contributed by atoms with Crippen LogP contribution < -0.4 is 4.74 Å². The van der Waals surface area contributed by atoms with Crippen molar-refractivity contribution in [2.24, 2.45) is 5.92 Å². The molecule has 0 N–H and O–H groups in total. The molecule has 0 spiro atoms. The van der Waals surface area contributed by atoms with Crippen LogP contribution in [-0.2, 0) is 29.2 Å². The van der Waals surface area contributed by atoms with Gasteiger partial charge < -0.3 is 19.1 Å². The fourth-order valence-electron chi connectivity index (χ4n) is 5.61. The minimum atomic E-state index is -0.0585. The molecule has 3 atom stereocenters. The number of benzene rings is 3. The highest BCUT2D eigenvalue weighted by atomic mass is 16.5. The molecule has 1 fully saturated rings. The lowest BCUT2D eigenvalue weighted by Gasteiger charge is -2.32. The molecular formula is C36H41N3O3. The summed E-state index contributed by atoms with van der Waals surface area (Å²) < 4.78 is 7.58. The van der Waals surface area contributed by atoms with Crippen molar-refractivity contribution < 1.29 is 14.3 Å². The van der Waals surface area contributed by atoms with Gasteiger partial charge in [0, 0.05) is 36.9 Å². The highest BCUT2D eigenvalue weighted by Crippen LogP contribution is 2.48. The highest BCUT2D eigenvalue weighted by molar-refractivity contribution is 5.88. The second-order valence-corrected chi connectivity index (χ2v) is 11.3. The molecule has 2 unspecified atom stereocenters. The SMILES string of the molecule is CCC(C)N(CC(=O)N(Cc1ccccc1)Cc1cccn1Cc1cccc(OC)c1)C(=O)C1C[C@H]1c1ccccc1. The summed E-state index contributed by atoms with van der Waals surface area (Å²) in [7, 11) is 1.67. The van der Waals surface area contributed by atoms with E-state index in [1.807, 2.05) is 95.7 Å². The van der Waals surface area contributed by atoms with Crippen LogP contribution in [-0.4, -0.2) is 45.9 Å². The quantitative estimate of drug-likeness (QED) is 0.187. The molecule has 2 amide bonds. The van der Waals surface area contributed by atoms with Crippen LogP contribution in [0.4, 0.5) is 0 Å². The van der Waals surface area contributed by atoms with Gasteiger partial charge in [-0.3, -0.25) is 9.59 Å². The number of hydrogen-bond acceptors (Lipinski definition) is 3. The number of rotatable bonds is 13. The molecule has 5 rings (SSSR count). The molecule has 218 valence electrons. The Kier molecular flexibility index (Phi) is 9.42. The summed E-state index contributed by atoms with van der Waals surface area (Å²) >= 11 is 0. The Morgan fingerprint density at radius 1 is 0.905 bits per heavy atom. The predicted octanol–water partition coefficient (Wildman–Crippen LogP) is 6.50. The monoisotopic (exact) mass is 563 g/mol. The van der Waals surface area contributed by atoms with E-state index >= 15 is 0 Å². The van der Waals surface area contributed by atoms with Crippen molar-refractivity contribution in [3.63, 3.8) is 0 Å². The number of carbonyl (C=O) groups excluding carboxylic acids is 2. The number of methoxy groups -OCH3 is 1. The molecule has 0 radical (unpaired) electrons. The van der Waals surface area contributed by atoms with E-state index in [9.17, 15) is 9.59 Å². The Labute approximate surface area is 249 Å². The third-order valence-corrected chi connectivity index (χ3v) is 8.38. The molecular weight excluding hydrogens is 522 g/mol. The lowest BCUT2D eigenvalue weighted by molar-refractivity contribution is -0.144. The van der Waals surface area contributed by atoms with Crippen LogP contribution >= 0.6 is 0 Å². The summed E-state index contributed by atoms with van der Waals surface area (Å²) in [6.45, 7) is 5.80. The summed E-state index contributed by atoms with van der Waals surface area (Å²) in [5.41, 5.74) is 4.42. The van der Waals surface area contributed by atoms with Gasteiger partial charge in [0.15, 0.2) is 0 Å². The van der Waals surface area contributed by atoms with Gasteiger partial charge in [0.05, 0.1) is 13.7 Å². The fraction of sp³-hybridized carbons (Fsp3) is 0.333. The maximum atomic E-state index is 14.1. The first-order valence-electron chi connectivity index (χ1n) is 14.9. The fourth-order valence-corrected chi connectivity index (χ4v) is 5.61. The molecule has 0 aliphatic heterocycles. The average Bonchev–Trinajstić information content (AvgIpc) is 3.73. The first-order valence-corrected chi connectivity index (χ1v) is 14.9. The molecule has 3 aromatic carbocycles. The maximum Gasteiger partial charge on any atom is 0.242 e. The summed E-state index contributed by atoms with van der Waals surface area (Å²) in [6, 6.07) is 32.4. The van der Waals surface area contributed by atoms with Crippen LogP contribution in [0.15, 0.2) is 103 Å². The van der Waals surface area contributed by atoms with E-state index in [0.29, 0.717) is 19.6 Å². The second kappa shape index (κ2) is 13.6. The lowest BCUT2D eigenvalue weighted by atomic mass is 10.1. The molecule has 1 aliphatic carbocycles. The Bertz CT molecular complexity index is 1470. The zero-order valence-corrected chi connectivity index (χ0v) is 24.9. The van der Waals surface area contributed by atoms with Crippen LogP contribution in [0.3, 0.4) is 0 Å². The Balaban J connectivity index is 1.34. The van der Waals surface area contributed by atoms with Crippen LogP contribution in [0.2, 0.25) is 0 Å². The Hall–Kier alpha value is -4.32. The number of hydrogen-bond donors (Lipinski definition) is 0. The molecule has 42 heavy (non-hydrogen) atoms. The molecule has 1 aliphatic rings. The topological polar surface area (TPSA) is 54.8 Å². The van der Waals surface area contributed by atoms with E-state index in [2.05, 4.69) is 35.8 Å².